The maximum absolute atomic E-state index is 12.6. The van der Waals surface area contributed by atoms with Gasteiger partial charge >= 0.3 is 5.97 Å². The normalized spacial score (nSPS) is 13.8. The highest BCUT2D eigenvalue weighted by molar-refractivity contribution is 7.99. The van der Waals surface area contributed by atoms with Gasteiger partial charge in [0.1, 0.15) is 4.88 Å². The van der Waals surface area contributed by atoms with Crippen LogP contribution in [0.15, 0.2) is 40.9 Å². The Morgan fingerprint density at radius 3 is 2.59 bits per heavy atom. The van der Waals surface area contributed by atoms with E-state index in [1.807, 2.05) is 16.7 Å². The number of carbonyl (C=O) groups is 2. The van der Waals surface area contributed by atoms with Gasteiger partial charge in [0.25, 0.3) is 0 Å². The number of aryl methyl sites for hydroxylation is 1. The monoisotopic (exact) mass is 471 g/mol. The number of hydrogen-bond donors (Lipinski definition) is 1. The van der Waals surface area contributed by atoms with Crippen LogP contribution in [-0.2, 0) is 9.53 Å². The Bertz CT molecular complexity index is 1090. The van der Waals surface area contributed by atoms with Crippen LogP contribution in [0.3, 0.4) is 0 Å². The van der Waals surface area contributed by atoms with Gasteiger partial charge in [-0.15, -0.1) is 21.5 Å². The zero-order valence-corrected chi connectivity index (χ0v) is 19.7. The fourth-order valence-electron chi connectivity index (χ4n) is 3.55. The number of amides is 1. The lowest BCUT2D eigenvalue weighted by molar-refractivity contribution is -0.113. The molecule has 0 radical (unpaired) electrons. The largest absolute Gasteiger partial charge is 0.465 e. The zero-order valence-electron chi connectivity index (χ0n) is 18.0. The third kappa shape index (κ3) is 4.97. The molecule has 0 bridgehead atoms. The first kappa shape index (κ1) is 22.3. The molecule has 10 heteroatoms. The molecule has 1 fully saturated rings. The number of piperidine rings is 1. The van der Waals surface area contributed by atoms with E-state index in [1.54, 1.807) is 11.4 Å². The van der Waals surface area contributed by atoms with E-state index in [1.165, 1.54) is 42.2 Å². The van der Waals surface area contributed by atoms with Crippen LogP contribution in [0.25, 0.3) is 5.69 Å². The summed E-state index contributed by atoms with van der Waals surface area (Å²) in [4.78, 5) is 27.1. The molecule has 4 rings (SSSR count). The molecular formula is C22H25N5O3S2. The predicted molar refractivity (Wildman–Crippen MR) is 127 cm³/mol. The van der Waals surface area contributed by atoms with Gasteiger partial charge in [0.15, 0.2) is 5.16 Å². The van der Waals surface area contributed by atoms with E-state index in [2.05, 4.69) is 39.5 Å². The van der Waals surface area contributed by atoms with Crippen molar-refractivity contribution in [3.8, 4) is 5.69 Å². The highest BCUT2D eigenvalue weighted by atomic mass is 32.2. The van der Waals surface area contributed by atoms with Crippen molar-refractivity contribution >= 4 is 46.6 Å². The zero-order chi connectivity index (χ0) is 22.5. The standard InChI is InChI=1S/C22H25N5O3S2/c1-15-6-8-16(9-7-15)27-21(26-11-4-3-5-12-26)24-25-22(27)32-14-18(28)23-17-10-13-31-19(17)20(29)30-2/h6-10,13H,3-5,11-12,14H2,1-2H3,(H,23,28). The van der Waals surface area contributed by atoms with Crippen molar-refractivity contribution in [2.75, 3.05) is 36.2 Å². The van der Waals surface area contributed by atoms with Crippen LogP contribution in [0, 0.1) is 6.92 Å². The number of thiophene rings is 1. The second-order valence-electron chi connectivity index (χ2n) is 7.49. The number of carbonyl (C=O) groups excluding carboxylic acids is 2. The number of thioether (sulfide) groups is 1. The fourth-order valence-corrected chi connectivity index (χ4v) is 5.06. The Labute approximate surface area is 195 Å². The van der Waals surface area contributed by atoms with Crippen LogP contribution in [-0.4, -0.2) is 52.6 Å². The third-order valence-corrected chi connectivity index (χ3v) is 7.01. The molecule has 2 aromatic heterocycles. The molecule has 1 N–H and O–H groups in total. The molecular weight excluding hydrogens is 446 g/mol. The summed E-state index contributed by atoms with van der Waals surface area (Å²) in [5, 5.41) is 14.1. The average Bonchev–Trinajstić information content (AvgIpc) is 3.45. The van der Waals surface area contributed by atoms with E-state index in [-0.39, 0.29) is 11.7 Å². The summed E-state index contributed by atoms with van der Waals surface area (Å²) in [5.41, 5.74) is 2.60. The van der Waals surface area contributed by atoms with E-state index in [0.717, 1.165) is 37.6 Å². The molecule has 3 heterocycles. The molecule has 32 heavy (non-hydrogen) atoms. The first-order valence-electron chi connectivity index (χ1n) is 10.4. The minimum absolute atomic E-state index is 0.139. The van der Waals surface area contributed by atoms with Crippen LogP contribution in [0.5, 0.6) is 0 Å². The number of anilines is 2. The fraction of sp³-hybridized carbons (Fsp3) is 0.364. The van der Waals surface area contributed by atoms with E-state index >= 15 is 0 Å². The number of hydrogen-bond acceptors (Lipinski definition) is 8. The second-order valence-corrected chi connectivity index (χ2v) is 9.35. The van der Waals surface area contributed by atoms with Gasteiger partial charge in [0, 0.05) is 13.1 Å². The summed E-state index contributed by atoms with van der Waals surface area (Å²) < 4.78 is 6.79. The molecule has 0 unspecified atom stereocenters. The van der Waals surface area contributed by atoms with Crippen molar-refractivity contribution in [3.05, 3.63) is 46.2 Å². The molecule has 1 saturated heterocycles. The van der Waals surface area contributed by atoms with E-state index in [0.29, 0.717) is 15.7 Å². The Morgan fingerprint density at radius 1 is 1.12 bits per heavy atom. The number of rotatable bonds is 7. The molecule has 8 nitrogen and oxygen atoms in total. The minimum Gasteiger partial charge on any atom is -0.465 e. The molecule has 1 aliphatic rings. The molecule has 1 amide bonds. The SMILES string of the molecule is COC(=O)c1sccc1NC(=O)CSc1nnc(N2CCCCC2)n1-c1ccc(C)cc1. The number of benzene rings is 1. The smallest absolute Gasteiger partial charge is 0.350 e. The lowest BCUT2D eigenvalue weighted by Crippen LogP contribution is -2.31. The Kier molecular flexibility index (Phi) is 7.11. The number of aromatic nitrogens is 3. The summed E-state index contributed by atoms with van der Waals surface area (Å²) in [6.45, 7) is 3.95. The Balaban J connectivity index is 1.52. The van der Waals surface area contributed by atoms with Crippen molar-refractivity contribution in [1.29, 1.82) is 0 Å². The number of ether oxygens (including phenoxy) is 1. The first-order valence-corrected chi connectivity index (χ1v) is 12.3. The van der Waals surface area contributed by atoms with Crippen LogP contribution < -0.4 is 10.2 Å². The molecule has 3 aromatic rings. The van der Waals surface area contributed by atoms with E-state index < -0.39 is 5.97 Å². The summed E-state index contributed by atoms with van der Waals surface area (Å²) in [7, 11) is 1.32. The highest BCUT2D eigenvalue weighted by Gasteiger charge is 2.22. The molecule has 0 spiro atoms. The Morgan fingerprint density at radius 2 is 1.88 bits per heavy atom. The predicted octanol–water partition coefficient (Wildman–Crippen LogP) is 4.14. The number of methoxy groups -OCH3 is 1. The van der Waals surface area contributed by atoms with E-state index in [4.69, 9.17) is 4.74 Å². The lowest BCUT2D eigenvalue weighted by atomic mass is 10.1. The molecule has 0 aliphatic carbocycles. The highest BCUT2D eigenvalue weighted by Crippen LogP contribution is 2.29. The van der Waals surface area contributed by atoms with Crippen molar-refractivity contribution < 1.29 is 14.3 Å². The van der Waals surface area contributed by atoms with Gasteiger partial charge < -0.3 is 15.0 Å². The maximum atomic E-state index is 12.6. The van der Waals surface area contributed by atoms with Crippen molar-refractivity contribution in [2.45, 2.75) is 31.3 Å². The topological polar surface area (TPSA) is 89.3 Å². The number of nitrogens with zero attached hydrogens (tertiary/aromatic N) is 4. The molecule has 1 aromatic carbocycles. The van der Waals surface area contributed by atoms with Crippen LogP contribution >= 0.6 is 23.1 Å². The van der Waals surface area contributed by atoms with E-state index in [9.17, 15) is 9.59 Å². The van der Waals surface area contributed by atoms with Crippen LogP contribution in [0.4, 0.5) is 11.6 Å². The van der Waals surface area contributed by atoms with Crippen molar-refractivity contribution in [1.82, 2.24) is 14.8 Å². The van der Waals surface area contributed by atoms with Gasteiger partial charge in [-0.1, -0.05) is 29.5 Å². The Hall–Kier alpha value is -2.85. The summed E-state index contributed by atoms with van der Waals surface area (Å²) in [6, 6.07) is 9.90. The van der Waals surface area contributed by atoms with Crippen molar-refractivity contribution in [2.24, 2.45) is 0 Å². The number of esters is 1. The number of nitrogens with one attached hydrogen (secondary N) is 1. The summed E-state index contributed by atoms with van der Waals surface area (Å²) in [6.07, 6.45) is 3.50. The van der Waals surface area contributed by atoms with Crippen LogP contribution in [0.2, 0.25) is 0 Å². The van der Waals surface area contributed by atoms with Gasteiger partial charge in [-0.3, -0.25) is 9.36 Å². The van der Waals surface area contributed by atoms with Gasteiger partial charge in [0.05, 0.1) is 24.2 Å². The quantitative estimate of drug-likeness (QED) is 0.409. The second kappa shape index (κ2) is 10.2. The van der Waals surface area contributed by atoms with Crippen LogP contribution in [0.1, 0.15) is 34.5 Å². The summed E-state index contributed by atoms with van der Waals surface area (Å²) in [5.74, 6) is 0.257. The lowest BCUT2D eigenvalue weighted by Gasteiger charge is -2.27. The van der Waals surface area contributed by atoms with Crippen molar-refractivity contribution in [3.63, 3.8) is 0 Å². The summed E-state index contributed by atoms with van der Waals surface area (Å²) >= 11 is 2.55. The maximum Gasteiger partial charge on any atom is 0.350 e. The van der Waals surface area contributed by atoms with Gasteiger partial charge in [-0.05, 0) is 49.8 Å². The third-order valence-electron chi connectivity index (χ3n) is 5.19. The molecule has 1 aliphatic heterocycles. The van der Waals surface area contributed by atoms with Gasteiger partial charge in [0.2, 0.25) is 11.9 Å². The minimum atomic E-state index is -0.465. The van der Waals surface area contributed by atoms with Gasteiger partial charge in [-0.2, -0.15) is 0 Å². The molecule has 0 saturated carbocycles. The average molecular weight is 472 g/mol. The molecule has 168 valence electrons. The molecule has 0 atom stereocenters. The van der Waals surface area contributed by atoms with Gasteiger partial charge in [-0.25, -0.2) is 4.79 Å². The first-order chi connectivity index (χ1) is 15.6.